The predicted octanol–water partition coefficient (Wildman–Crippen LogP) is 9.87. The van der Waals surface area contributed by atoms with Crippen LogP contribution in [0.2, 0.25) is 0 Å². The SMILES string of the molecule is C1=Cc2[nH]c3ccc(-c4ccc5c(c4)c4ccccc4n5-c4ccc(-c5nc(-c6ccccn6)nc(-c6ccccn6)n5)cc4)cc3c2CC1. The minimum atomic E-state index is 0.505. The van der Waals surface area contributed by atoms with Gasteiger partial charge in [-0.1, -0.05) is 48.5 Å². The van der Waals surface area contributed by atoms with Crippen molar-refractivity contribution in [1.29, 1.82) is 0 Å². The molecule has 10 rings (SSSR count). The quantitative estimate of drug-likeness (QED) is 0.202. The highest BCUT2D eigenvalue weighted by atomic mass is 15.1. The Morgan fingerprint density at radius 2 is 1.18 bits per heavy atom. The van der Waals surface area contributed by atoms with Gasteiger partial charge in [0.25, 0.3) is 0 Å². The Bertz CT molecular complexity index is 2680. The Morgan fingerprint density at radius 1 is 0.540 bits per heavy atom. The number of hydrogen-bond acceptors (Lipinski definition) is 5. The maximum absolute atomic E-state index is 4.84. The van der Waals surface area contributed by atoms with Gasteiger partial charge in [-0.15, -0.1) is 0 Å². The molecule has 0 atom stereocenters. The number of pyridine rings is 2. The van der Waals surface area contributed by atoms with Crippen molar-refractivity contribution in [2.45, 2.75) is 12.8 Å². The number of benzene rings is 4. The number of hydrogen-bond donors (Lipinski definition) is 1. The standard InChI is InChI=1S/C43H29N7/c1-3-11-35-31(9-1)33-25-28(17-21-36(33)46-35)29-18-22-40-34(26-29)32-10-2-4-14-39(32)50(40)30-19-15-27(16-20-30)41-47-42(37-12-5-7-23-44-37)49-43(48-41)38-13-6-8-24-45-38/h2-8,10-26,46H,1,9H2. The van der Waals surface area contributed by atoms with E-state index in [0.29, 0.717) is 28.9 Å². The average molecular weight is 644 g/mol. The van der Waals surface area contributed by atoms with Crippen LogP contribution in [-0.2, 0) is 6.42 Å². The third-order valence-electron chi connectivity index (χ3n) is 9.60. The number of nitrogens with zero attached hydrogens (tertiary/aromatic N) is 6. The number of nitrogens with one attached hydrogen (secondary N) is 1. The number of aromatic amines is 1. The molecule has 5 aromatic heterocycles. The molecule has 0 radical (unpaired) electrons. The highest BCUT2D eigenvalue weighted by molar-refractivity contribution is 6.10. The fourth-order valence-electron chi connectivity index (χ4n) is 7.20. The van der Waals surface area contributed by atoms with E-state index in [4.69, 9.17) is 15.0 Å². The summed E-state index contributed by atoms with van der Waals surface area (Å²) in [5.41, 5.74) is 11.9. The zero-order valence-corrected chi connectivity index (χ0v) is 27.0. The first-order chi connectivity index (χ1) is 24.8. The Morgan fingerprint density at radius 3 is 1.92 bits per heavy atom. The second-order valence-corrected chi connectivity index (χ2v) is 12.6. The summed E-state index contributed by atoms with van der Waals surface area (Å²) in [6.45, 7) is 0. The lowest BCUT2D eigenvalue weighted by molar-refractivity contribution is 0.992. The van der Waals surface area contributed by atoms with Gasteiger partial charge in [-0.25, -0.2) is 15.0 Å². The van der Waals surface area contributed by atoms with Crippen molar-refractivity contribution in [2.75, 3.05) is 0 Å². The van der Waals surface area contributed by atoms with Crippen molar-refractivity contribution < 1.29 is 0 Å². The summed E-state index contributed by atoms with van der Waals surface area (Å²) in [5.74, 6) is 1.58. The van der Waals surface area contributed by atoms with Crippen LogP contribution in [0.3, 0.4) is 0 Å². The number of aromatic nitrogens is 7. The molecule has 236 valence electrons. The second-order valence-electron chi connectivity index (χ2n) is 12.6. The number of H-pyrrole nitrogens is 1. The largest absolute Gasteiger partial charge is 0.355 e. The summed E-state index contributed by atoms with van der Waals surface area (Å²) < 4.78 is 2.34. The van der Waals surface area contributed by atoms with Crippen molar-refractivity contribution in [3.05, 3.63) is 151 Å². The molecule has 5 heterocycles. The topological polar surface area (TPSA) is 85.2 Å². The minimum absolute atomic E-state index is 0.505. The second kappa shape index (κ2) is 11.5. The maximum Gasteiger partial charge on any atom is 0.182 e. The van der Waals surface area contributed by atoms with Crippen LogP contribution in [0, 0.1) is 0 Å². The summed E-state index contributed by atoms with van der Waals surface area (Å²) in [5, 5.41) is 3.76. The molecular formula is C43H29N7. The first-order valence-electron chi connectivity index (χ1n) is 16.8. The molecule has 0 spiro atoms. The summed E-state index contributed by atoms with van der Waals surface area (Å²) in [6.07, 6.45) is 10.1. The minimum Gasteiger partial charge on any atom is -0.355 e. The Labute approximate surface area is 287 Å². The molecule has 1 aliphatic rings. The van der Waals surface area contributed by atoms with Gasteiger partial charge in [0.15, 0.2) is 17.5 Å². The normalized spacial score (nSPS) is 12.6. The van der Waals surface area contributed by atoms with Gasteiger partial charge >= 0.3 is 0 Å². The van der Waals surface area contributed by atoms with Crippen LogP contribution in [0.15, 0.2) is 140 Å². The predicted molar refractivity (Wildman–Crippen MR) is 201 cm³/mol. The van der Waals surface area contributed by atoms with Crippen LogP contribution < -0.4 is 0 Å². The van der Waals surface area contributed by atoms with Gasteiger partial charge in [0.2, 0.25) is 0 Å². The van der Waals surface area contributed by atoms with Crippen LogP contribution in [0.5, 0.6) is 0 Å². The zero-order valence-electron chi connectivity index (χ0n) is 27.0. The molecule has 0 saturated carbocycles. The van der Waals surface area contributed by atoms with Crippen LogP contribution in [0.25, 0.3) is 90.0 Å². The Balaban J connectivity index is 1.07. The van der Waals surface area contributed by atoms with E-state index in [1.54, 1.807) is 12.4 Å². The van der Waals surface area contributed by atoms with Gasteiger partial charge in [-0.3, -0.25) is 9.97 Å². The number of fused-ring (bicyclic) bond motifs is 6. The number of para-hydroxylation sites is 1. The zero-order chi connectivity index (χ0) is 33.0. The molecule has 1 aliphatic carbocycles. The summed E-state index contributed by atoms with van der Waals surface area (Å²) >= 11 is 0. The van der Waals surface area contributed by atoms with E-state index in [1.807, 2.05) is 36.4 Å². The summed E-state index contributed by atoms with van der Waals surface area (Å²) in [4.78, 5) is 27.0. The molecular weight excluding hydrogens is 615 g/mol. The number of aryl methyl sites for hydroxylation is 1. The van der Waals surface area contributed by atoms with Crippen LogP contribution in [0.1, 0.15) is 17.7 Å². The lowest BCUT2D eigenvalue weighted by Gasteiger charge is -2.11. The Hall–Kier alpha value is -6.73. The van der Waals surface area contributed by atoms with E-state index >= 15 is 0 Å². The molecule has 0 unspecified atom stereocenters. The van der Waals surface area contributed by atoms with E-state index in [9.17, 15) is 0 Å². The van der Waals surface area contributed by atoms with Crippen LogP contribution >= 0.6 is 0 Å². The van der Waals surface area contributed by atoms with Crippen molar-refractivity contribution in [2.24, 2.45) is 0 Å². The maximum atomic E-state index is 4.84. The van der Waals surface area contributed by atoms with E-state index in [1.165, 1.54) is 44.1 Å². The summed E-state index contributed by atoms with van der Waals surface area (Å²) in [6, 6.07) is 42.1. The molecule has 4 aromatic carbocycles. The lowest BCUT2D eigenvalue weighted by Crippen LogP contribution is -2.02. The molecule has 0 bridgehead atoms. The molecule has 7 nitrogen and oxygen atoms in total. The first kappa shape index (κ1) is 28.3. The molecule has 0 fully saturated rings. The van der Waals surface area contributed by atoms with Crippen molar-refractivity contribution in [3.63, 3.8) is 0 Å². The van der Waals surface area contributed by atoms with Gasteiger partial charge in [0.1, 0.15) is 11.4 Å². The monoisotopic (exact) mass is 643 g/mol. The molecule has 9 aromatic rings. The molecule has 50 heavy (non-hydrogen) atoms. The van der Waals surface area contributed by atoms with Gasteiger partial charge < -0.3 is 9.55 Å². The van der Waals surface area contributed by atoms with E-state index in [2.05, 4.69) is 117 Å². The van der Waals surface area contributed by atoms with E-state index < -0.39 is 0 Å². The third-order valence-corrected chi connectivity index (χ3v) is 9.60. The molecule has 0 amide bonds. The smallest absolute Gasteiger partial charge is 0.182 e. The van der Waals surface area contributed by atoms with Crippen molar-refractivity contribution in [1.82, 2.24) is 34.5 Å². The van der Waals surface area contributed by atoms with Crippen LogP contribution in [0.4, 0.5) is 0 Å². The van der Waals surface area contributed by atoms with Crippen molar-refractivity contribution in [3.8, 4) is 51.2 Å². The van der Waals surface area contributed by atoms with Gasteiger partial charge in [-0.2, -0.15) is 0 Å². The molecule has 0 saturated heterocycles. The first-order valence-corrected chi connectivity index (χ1v) is 16.8. The molecule has 1 N–H and O–H groups in total. The fraction of sp³-hybridized carbons (Fsp3) is 0.0465. The number of allylic oxidation sites excluding steroid dienone is 1. The molecule has 0 aliphatic heterocycles. The van der Waals surface area contributed by atoms with Gasteiger partial charge in [0.05, 0.1) is 11.0 Å². The van der Waals surface area contributed by atoms with Gasteiger partial charge in [0, 0.05) is 51.0 Å². The highest BCUT2D eigenvalue weighted by Crippen LogP contribution is 2.37. The van der Waals surface area contributed by atoms with Crippen LogP contribution in [-0.4, -0.2) is 34.5 Å². The highest BCUT2D eigenvalue weighted by Gasteiger charge is 2.17. The third kappa shape index (κ3) is 4.70. The van der Waals surface area contributed by atoms with E-state index in [-0.39, 0.29) is 0 Å². The number of rotatable bonds is 5. The Kier molecular flexibility index (Phi) is 6.48. The van der Waals surface area contributed by atoms with E-state index in [0.717, 1.165) is 35.1 Å². The van der Waals surface area contributed by atoms with Gasteiger partial charge in [-0.05, 0) is 114 Å². The average Bonchev–Trinajstić information content (AvgIpc) is 3.73. The fourth-order valence-corrected chi connectivity index (χ4v) is 7.20. The van der Waals surface area contributed by atoms with Crippen molar-refractivity contribution >= 4 is 38.8 Å². The molecule has 7 heteroatoms. The lowest BCUT2D eigenvalue weighted by atomic mass is 9.97. The summed E-state index contributed by atoms with van der Waals surface area (Å²) in [7, 11) is 0.